The Hall–Kier alpha value is -1.67. The van der Waals surface area contributed by atoms with Crippen LogP contribution >= 0.6 is 0 Å². The summed E-state index contributed by atoms with van der Waals surface area (Å²) in [5.74, 6) is 1.19. The smallest absolute Gasteiger partial charge is 0.144 e. The van der Waals surface area contributed by atoms with Gasteiger partial charge in [0.25, 0.3) is 0 Å². The molecule has 0 amide bonds. The lowest BCUT2D eigenvalue weighted by atomic mass is 10.2. The molecule has 0 aliphatic rings. The minimum atomic E-state index is 0.190. The Morgan fingerprint density at radius 2 is 2.25 bits per heavy atom. The van der Waals surface area contributed by atoms with Crippen molar-refractivity contribution >= 4 is 5.82 Å². The van der Waals surface area contributed by atoms with Gasteiger partial charge in [-0.1, -0.05) is 0 Å². The van der Waals surface area contributed by atoms with Crippen LogP contribution in [0.15, 0.2) is 6.07 Å². The molecule has 0 saturated carbocycles. The van der Waals surface area contributed by atoms with Crippen molar-refractivity contribution in [1.82, 2.24) is 14.9 Å². The van der Waals surface area contributed by atoms with Gasteiger partial charge < -0.3 is 5.73 Å². The molecule has 0 aliphatic carbocycles. The lowest BCUT2D eigenvalue weighted by Gasteiger charge is -2.21. The third-order valence-electron chi connectivity index (χ3n) is 2.45. The van der Waals surface area contributed by atoms with Crippen LogP contribution in [0.3, 0.4) is 0 Å². The molecule has 0 saturated heterocycles. The molecule has 1 unspecified atom stereocenters. The molecule has 0 bridgehead atoms. The van der Waals surface area contributed by atoms with Gasteiger partial charge in [0.05, 0.1) is 19.0 Å². The van der Waals surface area contributed by atoms with E-state index in [1.54, 1.807) is 6.07 Å². The van der Waals surface area contributed by atoms with Crippen molar-refractivity contribution < 1.29 is 0 Å². The number of rotatable bonds is 4. The highest BCUT2D eigenvalue weighted by molar-refractivity contribution is 5.29. The number of aromatic nitrogens is 2. The van der Waals surface area contributed by atoms with Gasteiger partial charge in [0, 0.05) is 17.8 Å². The summed E-state index contributed by atoms with van der Waals surface area (Å²) in [5, 5.41) is 8.61. The first-order chi connectivity index (χ1) is 7.52. The molecule has 5 heteroatoms. The van der Waals surface area contributed by atoms with Gasteiger partial charge in [0.15, 0.2) is 0 Å². The van der Waals surface area contributed by atoms with E-state index < -0.39 is 0 Å². The molecule has 2 N–H and O–H groups in total. The number of nitriles is 1. The molecule has 1 heterocycles. The maximum Gasteiger partial charge on any atom is 0.144 e. The minimum Gasteiger partial charge on any atom is -0.384 e. The van der Waals surface area contributed by atoms with E-state index in [0.29, 0.717) is 24.6 Å². The summed E-state index contributed by atoms with van der Waals surface area (Å²) < 4.78 is 0. The summed E-state index contributed by atoms with van der Waals surface area (Å²) >= 11 is 0. The first kappa shape index (κ1) is 12.4. The summed E-state index contributed by atoms with van der Waals surface area (Å²) in [6.07, 6.45) is 0.498. The normalized spacial score (nSPS) is 12.4. The molecule has 1 aromatic heterocycles. The van der Waals surface area contributed by atoms with Crippen molar-refractivity contribution in [2.24, 2.45) is 0 Å². The lowest BCUT2D eigenvalue weighted by Crippen LogP contribution is -2.29. The molecule has 1 aromatic rings. The van der Waals surface area contributed by atoms with Crippen LogP contribution in [0.5, 0.6) is 0 Å². The number of hydrogen-bond acceptors (Lipinski definition) is 5. The lowest BCUT2D eigenvalue weighted by molar-refractivity contribution is 0.246. The van der Waals surface area contributed by atoms with Crippen LogP contribution in [-0.2, 0) is 6.54 Å². The Labute approximate surface area is 95.9 Å². The van der Waals surface area contributed by atoms with Crippen LogP contribution in [0.1, 0.15) is 24.9 Å². The minimum absolute atomic E-state index is 0.190. The first-order valence-corrected chi connectivity index (χ1v) is 5.20. The number of nitrogen functional groups attached to an aromatic ring is 1. The third-order valence-corrected chi connectivity index (χ3v) is 2.45. The molecular formula is C11H17N5. The van der Waals surface area contributed by atoms with Gasteiger partial charge in [-0.3, -0.25) is 4.90 Å². The zero-order valence-electron chi connectivity index (χ0n) is 9.94. The van der Waals surface area contributed by atoms with Crippen LogP contribution in [0, 0.1) is 18.3 Å². The highest BCUT2D eigenvalue weighted by atomic mass is 15.1. The number of nitrogens with two attached hydrogens (primary N) is 1. The maximum absolute atomic E-state index is 8.61. The Kier molecular flexibility index (Phi) is 4.20. The van der Waals surface area contributed by atoms with Crippen LogP contribution in [-0.4, -0.2) is 28.0 Å². The summed E-state index contributed by atoms with van der Waals surface area (Å²) in [4.78, 5) is 10.5. The fourth-order valence-corrected chi connectivity index (χ4v) is 1.39. The number of anilines is 1. The summed E-state index contributed by atoms with van der Waals surface area (Å²) in [7, 11) is 1.95. The Morgan fingerprint density at radius 1 is 1.56 bits per heavy atom. The highest BCUT2D eigenvalue weighted by Gasteiger charge is 2.11. The van der Waals surface area contributed by atoms with E-state index in [1.807, 2.05) is 25.8 Å². The zero-order valence-corrected chi connectivity index (χ0v) is 9.94. The van der Waals surface area contributed by atoms with E-state index in [4.69, 9.17) is 11.0 Å². The largest absolute Gasteiger partial charge is 0.384 e. The molecule has 1 rings (SSSR count). The van der Waals surface area contributed by atoms with Crippen LogP contribution < -0.4 is 5.73 Å². The van der Waals surface area contributed by atoms with Gasteiger partial charge in [-0.15, -0.1) is 0 Å². The molecule has 0 aromatic carbocycles. The van der Waals surface area contributed by atoms with Crippen molar-refractivity contribution in [2.75, 3.05) is 12.8 Å². The van der Waals surface area contributed by atoms with E-state index in [1.165, 1.54) is 0 Å². The van der Waals surface area contributed by atoms with Crippen molar-refractivity contribution in [1.29, 1.82) is 5.26 Å². The second kappa shape index (κ2) is 5.42. The molecule has 0 fully saturated rings. The second-order valence-electron chi connectivity index (χ2n) is 3.98. The summed E-state index contributed by atoms with van der Waals surface area (Å²) in [5.41, 5.74) is 6.51. The van der Waals surface area contributed by atoms with E-state index in [-0.39, 0.29) is 6.04 Å². The van der Waals surface area contributed by atoms with Gasteiger partial charge in [0.2, 0.25) is 0 Å². The third kappa shape index (κ3) is 3.48. The van der Waals surface area contributed by atoms with Gasteiger partial charge in [-0.2, -0.15) is 5.26 Å². The molecule has 0 aliphatic heterocycles. The average molecular weight is 219 g/mol. The Balaban J connectivity index is 2.69. The van der Waals surface area contributed by atoms with Gasteiger partial charge >= 0.3 is 0 Å². The van der Waals surface area contributed by atoms with Crippen molar-refractivity contribution in [2.45, 2.75) is 32.9 Å². The number of nitrogens with zero attached hydrogens (tertiary/aromatic N) is 4. The van der Waals surface area contributed by atoms with E-state index >= 15 is 0 Å². The van der Waals surface area contributed by atoms with Crippen LogP contribution in [0.2, 0.25) is 0 Å². The molecule has 0 spiro atoms. The van der Waals surface area contributed by atoms with Gasteiger partial charge in [-0.25, -0.2) is 9.97 Å². The molecule has 1 atom stereocenters. The summed E-state index contributed by atoms with van der Waals surface area (Å²) in [6, 6.07) is 4.08. The van der Waals surface area contributed by atoms with Crippen molar-refractivity contribution in [3.05, 3.63) is 17.6 Å². The monoisotopic (exact) mass is 219 g/mol. The second-order valence-corrected chi connectivity index (χ2v) is 3.98. The predicted octanol–water partition coefficient (Wildman–Crippen LogP) is 1.10. The quantitative estimate of drug-likeness (QED) is 0.820. The molecule has 0 radical (unpaired) electrons. The van der Waals surface area contributed by atoms with Crippen LogP contribution in [0.4, 0.5) is 5.82 Å². The van der Waals surface area contributed by atoms with Crippen molar-refractivity contribution in [3.63, 3.8) is 0 Å². The Bertz CT molecular complexity index is 376. The first-order valence-electron chi connectivity index (χ1n) is 5.20. The highest BCUT2D eigenvalue weighted by Crippen LogP contribution is 2.07. The fourth-order valence-electron chi connectivity index (χ4n) is 1.39. The maximum atomic E-state index is 8.61. The standard InChI is InChI=1S/C11H17N5/c1-8-6-10(13)15-11(14-8)7-16(3)9(2)4-5-12/h6,9H,4,7H2,1-3H3,(H2,13,14,15). The zero-order chi connectivity index (χ0) is 12.1. The average Bonchev–Trinajstić information content (AvgIpc) is 2.16. The van der Waals surface area contributed by atoms with Gasteiger partial charge in [0.1, 0.15) is 11.6 Å². The van der Waals surface area contributed by atoms with E-state index in [9.17, 15) is 0 Å². The van der Waals surface area contributed by atoms with Gasteiger partial charge in [-0.05, 0) is 20.9 Å². The number of hydrogen-bond donors (Lipinski definition) is 1. The van der Waals surface area contributed by atoms with Crippen LogP contribution in [0.25, 0.3) is 0 Å². The fraction of sp³-hybridized carbons (Fsp3) is 0.545. The predicted molar refractivity (Wildman–Crippen MR) is 62.3 cm³/mol. The topological polar surface area (TPSA) is 78.8 Å². The van der Waals surface area contributed by atoms with E-state index in [2.05, 4.69) is 16.0 Å². The molecular weight excluding hydrogens is 202 g/mol. The number of aryl methyl sites for hydroxylation is 1. The summed E-state index contributed by atoms with van der Waals surface area (Å²) in [6.45, 7) is 4.50. The molecule has 5 nitrogen and oxygen atoms in total. The molecule has 86 valence electrons. The van der Waals surface area contributed by atoms with E-state index in [0.717, 1.165) is 5.69 Å². The SMILES string of the molecule is Cc1cc(N)nc(CN(C)C(C)CC#N)n1. The van der Waals surface area contributed by atoms with Crippen molar-refractivity contribution in [3.8, 4) is 6.07 Å². The Morgan fingerprint density at radius 3 is 2.81 bits per heavy atom. The molecule has 16 heavy (non-hydrogen) atoms.